The Bertz CT molecular complexity index is 911. The van der Waals surface area contributed by atoms with Crippen LogP contribution >= 0.6 is 0 Å². The van der Waals surface area contributed by atoms with E-state index in [1.807, 2.05) is 0 Å². The van der Waals surface area contributed by atoms with Crippen molar-refractivity contribution in [3.63, 3.8) is 0 Å². The van der Waals surface area contributed by atoms with E-state index in [-0.39, 0.29) is 23.0 Å². The molecule has 2 aliphatic rings. The van der Waals surface area contributed by atoms with Crippen LogP contribution in [-0.4, -0.2) is 57.1 Å². The number of hydrogen-bond acceptors (Lipinski definition) is 7. The Kier molecular flexibility index (Phi) is 4.73. The van der Waals surface area contributed by atoms with Gasteiger partial charge in [-0.05, 0) is 38.1 Å². The molecule has 2 N–H and O–H groups in total. The molecule has 2 aromatic rings. The lowest BCUT2D eigenvalue weighted by molar-refractivity contribution is 0.226. The molecule has 27 heavy (non-hydrogen) atoms. The highest BCUT2D eigenvalue weighted by Gasteiger charge is 2.24. The number of phenols is 1. The number of fused-ring (bicyclic) bond motifs is 1. The van der Waals surface area contributed by atoms with E-state index in [4.69, 9.17) is 4.74 Å². The van der Waals surface area contributed by atoms with Crippen molar-refractivity contribution in [3.05, 3.63) is 28.0 Å². The Morgan fingerprint density at radius 3 is 3.04 bits per heavy atom. The summed E-state index contributed by atoms with van der Waals surface area (Å²) in [6.07, 6.45) is 2.79. The van der Waals surface area contributed by atoms with E-state index in [2.05, 4.69) is 27.3 Å². The van der Waals surface area contributed by atoms with Crippen molar-refractivity contribution < 1.29 is 9.84 Å². The quantitative estimate of drug-likeness (QED) is 0.839. The topological polar surface area (TPSA) is 92.5 Å². The van der Waals surface area contributed by atoms with Crippen LogP contribution in [0.15, 0.2) is 16.9 Å². The monoisotopic (exact) mass is 371 g/mol. The van der Waals surface area contributed by atoms with Crippen LogP contribution in [0.25, 0.3) is 11.3 Å². The molecule has 0 radical (unpaired) electrons. The summed E-state index contributed by atoms with van der Waals surface area (Å²) in [5, 5.41) is 22.3. The first kappa shape index (κ1) is 17.8. The molecule has 0 unspecified atom stereocenters. The fourth-order valence-electron chi connectivity index (χ4n) is 3.85. The molecule has 0 amide bonds. The number of piperidine rings is 1. The Morgan fingerprint density at radius 2 is 2.22 bits per heavy atom. The lowest BCUT2D eigenvalue weighted by Gasteiger charge is -2.32. The summed E-state index contributed by atoms with van der Waals surface area (Å²) in [5.41, 5.74) is 0.980. The van der Waals surface area contributed by atoms with Gasteiger partial charge in [0.25, 0.3) is 5.56 Å². The van der Waals surface area contributed by atoms with Crippen LogP contribution in [0.5, 0.6) is 11.5 Å². The van der Waals surface area contributed by atoms with Gasteiger partial charge in [0.05, 0.1) is 12.2 Å². The van der Waals surface area contributed by atoms with Crippen molar-refractivity contribution in [1.29, 1.82) is 0 Å². The molecule has 144 valence electrons. The minimum absolute atomic E-state index is 0.0583. The fraction of sp³-hybridized carbons (Fsp3) is 0.526. The number of aromatic nitrogens is 3. The van der Waals surface area contributed by atoms with Crippen molar-refractivity contribution in [3.8, 4) is 22.8 Å². The summed E-state index contributed by atoms with van der Waals surface area (Å²) >= 11 is 0. The second kappa shape index (κ2) is 7.19. The summed E-state index contributed by atoms with van der Waals surface area (Å²) in [6.45, 7) is 5.75. The Balaban J connectivity index is 1.62. The van der Waals surface area contributed by atoms with Crippen LogP contribution in [0.1, 0.15) is 25.3 Å². The predicted octanol–water partition coefficient (Wildman–Crippen LogP) is 1.38. The number of hydrogen-bond donors (Lipinski definition) is 2. The number of benzene rings is 1. The Morgan fingerprint density at radius 1 is 1.37 bits per heavy atom. The van der Waals surface area contributed by atoms with E-state index < -0.39 is 0 Å². The van der Waals surface area contributed by atoms with E-state index in [0.717, 1.165) is 38.0 Å². The number of phenolic OH excluding ortho intramolecular Hbond substituents is 1. The van der Waals surface area contributed by atoms with Crippen molar-refractivity contribution in [2.24, 2.45) is 7.05 Å². The highest BCUT2D eigenvalue weighted by molar-refractivity contribution is 5.71. The average Bonchev–Trinajstić information content (AvgIpc) is 3.16. The molecule has 1 aromatic carbocycles. The normalized spacial score (nSPS) is 19.6. The van der Waals surface area contributed by atoms with E-state index in [9.17, 15) is 9.90 Å². The molecule has 2 aliphatic heterocycles. The molecule has 1 atom stereocenters. The number of aromatic hydroxyl groups is 1. The van der Waals surface area contributed by atoms with Gasteiger partial charge in [0.2, 0.25) is 5.95 Å². The Labute approximate surface area is 157 Å². The molecule has 4 rings (SSSR count). The molecular weight excluding hydrogens is 346 g/mol. The third-order valence-electron chi connectivity index (χ3n) is 5.46. The molecule has 0 saturated carbocycles. The Hall–Kier alpha value is -2.61. The maximum absolute atomic E-state index is 12.9. The van der Waals surface area contributed by atoms with Gasteiger partial charge >= 0.3 is 0 Å². The molecule has 0 spiro atoms. The number of nitrogens with zero attached hydrogens (tertiary/aromatic N) is 4. The number of nitrogens with one attached hydrogen (secondary N) is 1. The van der Waals surface area contributed by atoms with E-state index >= 15 is 0 Å². The van der Waals surface area contributed by atoms with E-state index in [1.165, 1.54) is 4.57 Å². The smallest absolute Gasteiger partial charge is 0.281 e. The summed E-state index contributed by atoms with van der Waals surface area (Å²) < 4.78 is 6.92. The lowest BCUT2D eigenvalue weighted by Crippen LogP contribution is -2.43. The molecule has 8 heteroatoms. The number of rotatable bonds is 4. The summed E-state index contributed by atoms with van der Waals surface area (Å²) in [6, 6.07) is 3.68. The SMILES string of the molecule is CCN1CCC[C@@H](Nc2nnc(-c3ccc4c(c3O)CCO4)c(=O)n2C)C1. The van der Waals surface area contributed by atoms with Gasteiger partial charge in [0, 0.05) is 31.6 Å². The van der Waals surface area contributed by atoms with Gasteiger partial charge in [-0.2, -0.15) is 0 Å². The molecule has 1 saturated heterocycles. The first-order chi connectivity index (χ1) is 13.1. The van der Waals surface area contributed by atoms with Crippen LogP contribution in [0.3, 0.4) is 0 Å². The van der Waals surface area contributed by atoms with Crippen LogP contribution in [0, 0.1) is 0 Å². The molecular formula is C19H25N5O3. The first-order valence-corrected chi connectivity index (χ1v) is 9.49. The van der Waals surface area contributed by atoms with Gasteiger partial charge in [0.1, 0.15) is 11.5 Å². The second-order valence-electron chi connectivity index (χ2n) is 7.15. The van der Waals surface area contributed by atoms with Crippen LogP contribution in [0.4, 0.5) is 5.95 Å². The number of ether oxygens (including phenoxy) is 1. The zero-order chi connectivity index (χ0) is 19.0. The number of likely N-dealkylation sites (N-methyl/N-ethyl adjacent to an activating group) is 1. The van der Waals surface area contributed by atoms with Crippen LogP contribution in [-0.2, 0) is 13.5 Å². The lowest BCUT2D eigenvalue weighted by atomic mass is 10.0. The zero-order valence-corrected chi connectivity index (χ0v) is 15.7. The minimum atomic E-state index is -0.287. The third kappa shape index (κ3) is 3.25. The zero-order valence-electron chi connectivity index (χ0n) is 15.7. The van der Waals surface area contributed by atoms with Gasteiger partial charge in [-0.3, -0.25) is 9.36 Å². The third-order valence-corrected chi connectivity index (χ3v) is 5.46. The van der Waals surface area contributed by atoms with Gasteiger partial charge in [-0.15, -0.1) is 10.2 Å². The average molecular weight is 371 g/mol. The highest BCUT2D eigenvalue weighted by atomic mass is 16.5. The largest absolute Gasteiger partial charge is 0.507 e. The molecule has 8 nitrogen and oxygen atoms in total. The molecule has 0 aliphatic carbocycles. The van der Waals surface area contributed by atoms with Crippen LogP contribution in [0.2, 0.25) is 0 Å². The summed E-state index contributed by atoms with van der Waals surface area (Å²) in [7, 11) is 1.68. The van der Waals surface area contributed by atoms with E-state index in [1.54, 1.807) is 19.2 Å². The standard InChI is InChI=1S/C19H25N5O3/c1-3-24-9-4-5-12(11-24)20-19-22-21-16(18(26)23(19)2)14-6-7-15-13(17(14)25)8-10-27-15/h6-7,12,25H,3-5,8-11H2,1-2H3,(H,20,22)/t12-/m1/s1. The van der Waals surface area contributed by atoms with Gasteiger partial charge in [0.15, 0.2) is 5.69 Å². The van der Waals surface area contributed by atoms with Crippen molar-refractivity contribution in [2.45, 2.75) is 32.2 Å². The predicted molar refractivity (Wildman–Crippen MR) is 102 cm³/mol. The van der Waals surface area contributed by atoms with Gasteiger partial charge < -0.3 is 20.1 Å². The van der Waals surface area contributed by atoms with Crippen molar-refractivity contribution >= 4 is 5.95 Å². The van der Waals surface area contributed by atoms with Gasteiger partial charge in [-0.25, -0.2) is 0 Å². The van der Waals surface area contributed by atoms with Gasteiger partial charge in [-0.1, -0.05) is 6.92 Å². The van der Waals surface area contributed by atoms with Crippen LogP contribution < -0.4 is 15.6 Å². The molecule has 1 fully saturated rings. The first-order valence-electron chi connectivity index (χ1n) is 9.49. The fourth-order valence-corrected chi connectivity index (χ4v) is 3.85. The summed E-state index contributed by atoms with van der Waals surface area (Å²) in [4.78, 5) is 15.3. The molecule has 0 bridgehead atoms. The maximum atomic E-state index is 12.9. The molecule has 3 heterocycles. The highest BCUT2D eigenvalue weighted by Crippen LogP contribution is 2.38. The minimum Gasteiger partial charge on any atom is -0.507 e. The van der Waals surface area contributed by atoms with Crippen molar-refractivity contribution in [1.82, 2.24) is 19.7 Å². The maximum Gasteiger partial charge on any atom is 0.281 e. The van der Waals surface area contributed by atoms with Crippen molar-refractivity contribution in [2.75, 3.05) is 31.6 Å². The molecule has 1 aromatic heterocycles. The second-order valence-corrected chi connectivity index (χ2v) is 7.15. The number of likely N-dealkylation sites (tertiary alicyclic amines) is 1. The number of anilines is 1. The summed E-state index contributed by atoms with van der Waals surface area (Å²) in [5.74, 6) is 1.18. The van der Waals surface area contributed by atoms with E-state index in [0.29, 0.717) is 30.3 Å².